The molecule has 0 saturated heterocycles. The van der Waals surface area contributed by atoms with Gasteiger partial charge >= 0.3 is 0 Å². The summed E-state index contributed by atoms with van der Waals surface area (Å²) in [6.07, 6.45) is 1.62. The third kappa shape index (κ3) is 3.37. The molecule has 6 nitrogen and oxygen atoms in total. The first-order valence-electron chi connectivity index (χ1n) is 6.82. The Balaban J connectivity index is 1.88. The molecule has 0 bridgehead atoms. The van der Waals surface area contributed by atoms with Gasteiger partial charge in [0.05, 0.1) is 28.6 Å². The zero-order valence-electron chi connectivity index (χ0n) is 12.3. The average Bonchev–Trinajstić information content (AvgIpc) is 3.09. The molecule has 3 rings (SSSR count). The van der Waals surface area contributed by atoms with Gasteiger partial charge in [0, 0.05) is 25.5 Å². The number of rotatable bonds is 6. The van der Waals surface area contributed by atoms with Crippen LogP contribution in [0.4, 0.5) is 5.13 Å². The van der Waals surface area contributed by atoms with E-state index in [2.05, 4.69) is 25.1 Å². The van der Waals surface area contributed by atoms with Gasteiger partial charge < -0.3 is 9.64 Å². The number of nitrogens with zero attached hydrogens (tertiary/aromatic N) is 4. The van der Waals surface area contributed by atoms with E-state index in [9.17, 15) is 0 Å². The molecule has 0 atom stereocenters. The van der Waals surface area contributed by atoms with Crippen molar-refractivity contribution in [2.24, 2.45) is 0 Å². The molecule has 1 N–H and O–H groups in total. The standard InChI is InChI=1S/C14H16ClN5OS/c1-9-5-11(19-18-9)8-20(3-4-21-2)14-17-13-12(22-14)6-10(15)7-16-13/h5-7H,3-4,8H2,1-2H3,(H,18,19). The lowest BCUT2D eigenvalue weighted by Crippen LogP contribution is -2.26. The second-order valence-corrected chi connectivity index (χ2v) is 6.37. The van der Waals surface area contributed by atoms with E-state index < -0.39 is 0 Å². The van der Waals surface area contributed by atoms with Gasteiger partial charge in [-0.15, -0.1) is 0 Å². The molecule has 116 valence electrons. The third-order valence-electron chi connectivity index (χ3n) is 3.15. The number of aromatic amines is 1. The van der Waals surface area contributed by atoms with Gasteiger partial charge in [0.15, 0.2) is 10.8 Å². The quantitative estimate of drug-likeness (QED) is 0.749. The van der Waals surface area contributed by atoms with Crippen LogP contribution in [0.3, 0.4) is 0 Å². The highest BCUT2D eigenvalue weighted by Gasteiger charge is 2.15. The van der Waals surface area contributed by atoms with E-state index in [0.29, 0.717) is 23.8 Å². The largest absolute Gasteiger partial charge is 0.383 e. The summed E-state index contributed by atoms with van der Waals surface area (Å²) in [4.78, 5) is 11.0. The molecule has 22 heavy (non-hydrogen) atoms. The summed E-state index contributed by atoms with van der Waals surface area (Å²) in [6.45, 7) is 4.00. The third-order valence-corrected chi connectivity index (χ3v) is 4.41. The van der Waals surface area contributed by atoms with Crippen LogP contribution in [-0.2, 0) is 11.3 Å². The van der Waals surface area contributed by atoms with Crippen molar-refractivity contribution in [2.75, 3.05) is 25.2 Å². The number of aryl methyl sites for hydroxylation is 1. The van der Waals surface area contributed by atoms with Crippen LogP contribution in [0, 0.1) is 6.92 Å². The molecule has 0 unspecified atom stereocenters. The van der Waals surface area contributed by atoms with E-state index in [1.165, 1.54) is 0 Å². The highest BCUT2D eigenvalue weighted by molar-refractivity contribution is 7.22. The van der Waals surface area contributed by atoms with Crippen molar-refractivity contribution in [1.82, 2.24) is 20.2 Å². The molecular weight excluding hydrogens is 322 g/mol. The summed E-state index contributed by atoms with van der Waals surface area (Å²) >= 11 is 7.56. The number of hydrogen-bond donors (Lipinski definition) is 1. The Labute approximate surface area is 137 Å². The number of methoxy groups -OCH3 is 1. The predicted octanol–water partition coefficient (Wildman–Crippen LogP) is 3.03. The van der Waals surface area contributed by atoms with Gasteiger partial charge in [0.1, 0.15) is 0 Å². The molecule has 0 aliphatic carbocycles. The maximum Gasteiger partial charge on any atom is 0.188 e. The molecule has 0 radical (unpaired) electrons. The van der Waals surface area contributed by atoms with Crippen molar-refractivity contribution >= 4 is 38.4 Å². The number of thiazole rings is 1. The first-order chi connectivity index (χ1) is 10.7. The van der Waals surface area contributed by atoms with Crippen molar-refractivity contribution in [3.8, 4) is 0 Å². The molecule has 3 heterocycles. The number of H-pyrrole nitrogens is 1. The Morgan fingerprint density at radius 2 is 2.27 bits per heavy atom. The normalized spacial score (nSPS) is 11.2. The second kappa shape index (κ2) is 6.60. The summed E-state index contributed by atoms with van der Waals surface area (Å²) in [5.74, 6) is 0. The Hall–Kier alpha value is -1.70. The van der Waals surface area contributed by atoms with E-state index in [1.54, 1.807) is 24.6 Å². The summed E-state index contributed by atoms with van der Waals surface area (Å²) < 4.78 is 6.18. The van der Waals surface area contributed by atoms with E-state index >= 15 is 0 Å². The fourth-order valence-corrected chi connectivity index (χ4v) is 3.33. The highest BCUT2D eigenvalue weighted by Crippen LogP contribution is 2.30. The van der Waals surface area contributed by atoms with Gasteiger partial charge in [-0.05, 0) is 19.1 Å². The number of fused-ring (bicyclic) bond motifs is 1. The smallest absolute Gasteiger partial charge is 0.188 e. The van der Waals surface area contributed by atoms with Crippen LogP contribution in [0.25, 0.3) is 10.3 Å². The van der Waals surface area contributed by atoms with Crippen LogP contribution in [0.1, 0.15) is 11.4 Å². The molecule has 0 aliphatic rings. The first-order valence-corrected chi connectivity index (χ1v) is 8.02. The fourth-order valence-electron chi connectivity index (χ4n) is 2.11. The summed E-state index contributed by atoms with van der Waals surface area (Å²) in [5.41, 5.74) is 2.73. The van der Waals surface area contributed by atoms with Crippen LogP contribution >= 0.6 is 22.9 Å². The molecule has 0 aliphatic heterocycles. The average molecular weight is 338 g/mol. The Morgan fingerprint density at radius 1 is 1.41 bits per heavy atom. The lowest BCUT2D eigenvalue weighted by Gasteiger charge is -2.20. The summed E-state index contributed by atoms with van der Waals surface area (Å²) in [5, 5.41) is 8.76. The molecule has 0 spiro atoms. The Morgan fingerprint density at radius 3 is 3.00 bits per heavy atom. The molecule has 0 amide bonds. The molecule has 3 aromatic rings. The number of anilines is 1. The van der Waals surface area contributed by atoms with Gasteiger partial charge in [-0.25, -0.2) is 4.98 Å². The van der Waals surface area contributed by atoms with Gasteiger partial charge in [0.2, 0.25) is 0 Å². The summed E-state index contributed by atoms with van der Waals surface area (Å²) in [7, 11) is 1.69. The van der Waals surface area contributed by atoms with Crippen molar-refractivity contribution in [3.63, 3.8) is 0 Å². The van der Waals surface area contributed by atoms with E-state index in [4.69, 9.17) is 16.3 Å². The number of halogens is 1. The minimum Gasteiger partial charge on any atom is -0.383 e. The highest BCUT2D eigenvalue weighted by atomic mass is 35.5. The second-order valence-electron chi connectivity index (χ2n) is 4.93. The fraction of sp³-hybridized carbons (Fsp3) is 0.357. The van der Waals surface area contributed by atoms with E-state index in [1.807, 2.05) is 19.1 Å². The van der Waals surface area contributed by atoms with Crippen molar-refractivity contribution in [1.29, 1.82) is 0 Å². The first kappa shape index (κ1) is 15.2. The monoisotopic (exact) mass is 337 g/mol. The Bertz CT molecular complexity index is 772. The molecule has 0 aromatic carbocycles. The topological polar surface area (TPSA) is 66.9 Å². The molecule has 8 heteroatoms. The summed E-state index contributed by atoms with van der Waals surface area (Å²) in [6, 6.07) is 3.92. The minimum atomic E-state index is 0.619. The van der Waals surface area contributed by atoms with Crippen LogP contribution in [0.5, 0.6) is 0 Å². The molecule has 0 saturated carbocycles. The number of aromatic nitrogens is 4. The van der Waals surface area contributed by atoms with Crippen molar-refractivity contribution in [3.05, 3.63) is 34.7 Å². The molecular formula is C14H16ClN5OS. The number of pyridine rings is 1. The van der Waals surface area contributed by atoms with Crippen molar-refractivity contribution < 1.29 is 4.74 Å². The maximum absolute atomic E-state index is 5.99. The van der Waals surface area contributed by atoms with Crippen LogP contribution in [0.15, 0.2) is 18.3 Å². The molecule has 0 fully saturated rings. The zero-order chi connectivity index (χ0) is 15.5. The van der Waals surface area contributed by atoms with E-state index in [-0.39, 0.29) is 0 Å². The van der Waals surface area contributed by atoms with Gasteiger partial charge in [-0.1, -0.05) is 22.9 Å². The van der Waals surface area contributed by atoms with Crippen LogP contribution in [0.2, 0.25) is 5.02 Å². The molecule has 3 aromatic heterocycles. The number of hydrogen-bond acceptors (Lipinski definition) is 6. The van der Waals surface area contributed by atoms with Crippen LogP contribution in [-0.4, -0.2) is 40.4 Å². The van der Waals surface area contributed by atoms with Gasteiger partial charge in [-0.2, -0.15) is 10.1 Å². The SMILES string of the molecule is COCCN(Cc1cc(C)[nH]n1)c1nc2ncc(Cl)cc2s1. The van der Waals surface area contributed by atoms with E-state index in [0.717, 1.165) is 27.8 Å². The number of ether oxygens (including phenoxy) is 1. The Kier molecular flexibility index (Phi) is 4.56. The van der Waals surface area contributed by atoms with Crippen LogP contribution < -0.4 is 4.90 Å². The van der Waals surface area contributed by atoms with Gasteiger partial charge in [-0.3, -0.25) is 5.10 Å². The zero-order valence-corrected chi connectivity index (χ0v) is 13.9. The van der Waals surface area contributed by atoms with Gasteiger partial charge in [0.25, 0.3) is 0 Å². The predicted molar refractivity (Wildman–Crippen MR) is 88.7 cm³/mol. The number of nitrogens with one attached hydrogen (secondary N) is 1. The maximum atomic E-state index is 5.99. The lowest BCUT2D eigenvalue weighted by atomic mass is 10.3. The minimum absolute atomic E-state index is 0.619. The van der Waals surface area contributed by atoms with Crippen molar-refractivity contribution in [2.45, 2.75) is 13.5 Å². The lowest BCUT2D eigenvalue weighted by molar-refractivity contribution is 0.205.